The summed E-state index contributed by atoms with van der Waals surface area (Å²) in [5.41, 5.74) is 0.417. The number of benzene rings is 1. The van der Waals surface area contributed by atoms with Crippen LogP contribution in [0.4, 0.5) is 0 Å². The van der Waals surface area contributed by atoms with Gasteiger partial charge in [-0.2, -0.15) is 0 Å². The van der Waals surface area contributed by atoms with E-state index in [9.17, 15) is 14.7 Å². The highest BCUT2D eigenvalue weighted by Crippen LogP contribution is 2.32. The predicted octanol–water partition coefficient (Wildman–Crippen LogP) is 3.70. The molecular weight excluding hydrogens is 356 g/mol. The molecule has 1 heterocycles. The summed E-state index contributed by atoms with van der Waals surface area (Å²) in [6, 6.07) is 9.80. The number of rotatable bonds is 9. The fourth-order valence-corrected chi connectivity index (χ4v) is 3.65. The first-order valence-electron chi connectivity index (χ1n) is 9.99. The third kappa shape index (κ3) is 5.93. The molecule has 5 heteroatoms. The van der Waals surface area contributed by atoms with E-state index >= 15 is 0 Å². The number of esters is 2. The molecule has 0 aromatic heterocycles. The van der Waals surface area contributed by atoms with Gasteiger partial charge in [-0.3, -0.25) is 4.79 Å². The molecule has 28 heavy (non-hydrogen) atoms. The van der Waals surface area contributed by atoms with Crippen LogP contribution >= 0.6 is 0 Å². The van der Waals surface area contributed by atoms with Crippen molar-refractivity contribution in [3.8, 4) is 0 Å². The van der Waals surface area contributed by atoms with Gasteiger partial charge < -0.3 is 14.6 Å². The number of cyclic esters (lactones) is 1. The lowest BCUT2D eigenvalue weighted by Crippen LogP contribution is -2.39. The Labute approximate surface area is 167 Å². The first kappa shape index (κ1) is 22.2. The van der Waals surface area contributed by atoms with Crippen LogP contribution in [0.5, 0.6) is 0 Å². The van der Waals surface area contributed by atoms with Gasteiger partial charge in [0.15, 0.2) is 5.60 Å². The summed E-state index contributed by atoms with van der Waals surface area (Å²) in [6.45, 7) is 7.86. The van der Waals surface area contributed by atoms with Crippen molar-refractivity contribution in [2.24, 2.45) is 17.8 Å². The van der Waals surface area contributed by atoms with Gasteiger partial charge in [-0.1, -0.05) is 64.1 Å². The SMILES string of the molecule is CC(C)C(CC(=O)OCC1(CO)C/C(=C\Cc2ccccc2)C(=O)O1)C(C)C. The highest BCUT2D eigenvalue weighted by Gasteiger charge is 2.44. The lowest BCUT2D eigenvalue weighted by Gasteiger charge is -2.26. The van der Waals surface area contributed by atoms with E-state index in [-0.39, 0.29) is 31.5 Å². The average Bonchev–Trinajstić information content (AvgIpc) is 2.99. The number of ether oxygens (including phenoxy) is 2. The van der Waals surface area contributed by atoms with Crippen LogP contribution in [-0.2, 0) is 25.5 Å². The third-order valence-electron chi connectivity index (χ3n) is 5.41. The number of aliphatic hydroxyl groups excluding tert-OH is 1. The zero-order valence-electron chi connectivity index (χ0n) is 17.3. The molecule has 1 saturated heterocycles. The van der Waals surface area contributed by atoms with Crippen molar-refractivity contribution >= 4 is 11.9 Å². The van der Waals surface area contributed by atoms with Crippen molar-refractivity contribution in [2.45, 2.75) is 52.6 Å². The Balaban J connectivity index is 1.96. The van der Waals surface area contributed by atoms with Crippen molar-refractivity contribution in [3.63, 3.8) is 0 Å². The molecule has 1 fully saturated rings. The molecule has 0 amide bonds. The van der Waals surface area contributed by atoms with Crippen molar-refractivity contribution in [1.29, 1.82) is 0 Å². The topological polar surface area (TPSA) is 72.8 Å². The van der Waals surface area contributed by atoms with Gasteiger partial charge in [0.05, 0.1) is 6.61 Å². The number of hydrogen-bond acceptors (Lipinski definition) is 5. The molecule has 1 unspecified atom stereocenters. The number of hydrogen-bond donors (Lipinski definition) is 1. The minimum atomic E-state index is -1.18. The fraction of sp³-hybridized carbons (Fsp3) is 0.565. The molecule has 1 atom stereocenters. The van der Waals surface area contributed by atoms with Gasteiger partial charge in [0, 0.05) is 18.4 Å². The number of allylic oxidation sites excluding steroid dienone is 1. The van der Waals surface area contributed by atoms with E-state index in [0.717, 1.165) is 5.56 Å². The zero-order chi connectivity index (χ0) is 20.7. The van der Waals surface area contributed by atoms with Gasteiger partial charge in [-0.15, -0.1) is 0 Å². The van der Waals surface area contributed by atoms with Crippen LogP contribution in [0.2, 0.25) is 0 Å². The van der Waals surface area contributed by atoms with Crippen LogP contribution in [0.1, 0.15) is 46.1 Å². The van der Waals surface area contributed by atoms with Crippen LogP contribution in [0, 0.1) is 17.8 Å². The zero-order valence-corrected chi connectivity index (χ0v) is 17.3. The summed E-state index contributed by atoms with van der Waals surface area (Å²) in [7, 11) is 0. The van der Waals surface area contributed by atoms with Crippen LogP contribution in [0.25, 0.3) is 0 Å². The molecule has 0 radical (unpaired) electrons. The van der Waals surface area contributed by atoms with Crippen LogP contribution in [0.3, 0.4) is 0 Å². The molecule has 0 bridgehead atoms. The summed E-state index contributed by atoms with van der Waals surface area (Å²) in [5.74, 6) is 0.193. The van der Waals surface area contributed by atoms with Gasteiger partial charge in [-0.25, -0.2) is 4.79 Å². The molecule has 1 aromatic rings. The fourth-order valence-electron chi connectivity index (χ4n) is 3.65. The Morgan fingerprint density at radius 3 is 2.43 bits per heavy atom. The summed E-state index contributed by atoms with van der Waals surface area (Å²) >= 11 is 0. The summed E-state index contributed by atoms with van der Waals surface area (Å²) < 4.78 is 10.8. The van der Waals surface area contributed by atoms with E-state index < -0.39 is 11.6 Å². The molecule has 1 aliphatic heterocycles. The standard InChI is InChI=1S/C23H32O5/c1-16(2)20(17(3)4)12-21(25)27-15-23(14-24)13-19(22(26)28-23)11-10-18-8-6-5-7-9-18/h5-9,11,16-17,20,24H,10,12-15H2,1-4H3/b19-11+. The molecular formula is C23H32O5. The largest absolute Gasteiger partial charge is 0.461 e. The van der Waals surface area contributed by atoms with Crippen LogP contribution in [-0.4, -0.2) is 35.9 Å². The Hall–Kier alpha value is -2.14. The van der Waals surface area contributed by atoms with Gasteiger partial charge >= 0.3 is 11.9 Å². The lowest BCUT2D eigenvalue weighted by molar-refractivity contribution is -0.167. The molecule has 0 saturated carbocycles. The average molecular weight is 389 g/mol. The molecule has 1 N–H and O–H groups in total. The molecule has 5 nitrogen and oxygen atoms in total. The summed E-state index contributed by atoms with van der Waals surface area (Å²) in [4.78, 5) is 24.5. The second-order valence-electron chi connectivity index (χ2n) is 8.34. The first-order chi connectivity index (χ1) is 13.3. The Kier molecular flexibility index (Phi) is 7.81. The third-order valence-corrected chi connectivity index (χ3v) is 5.41. The van der Waals surface area contributed by atoms with Crippen LogP contribution < -0.4 is 0 Å². The van der Waals surface area contributed by atoms with Gasteiger partial charge in [0.2, 0.25) is 0 Å². The Bertz CT molecular complexity index is 684. The molecule has 0 spiro atoms. The van der Waals surface area contributed by atoms with Crippen LogP contribution in [0.15, 0.2) is 42.0 Å². The van der Waals surface area contributed by atoms with Gasteiger partial charge in [0.25, 0.3) is 0 Å². The van der Waals surface area contributed by atoms with E-state index in [0.29, 0.717) is 30.3 Å². The maximum Gasteiger partial charge on any atom is 0.334 e. The second kappa shape index (κ2) is 9.87. The van der Waals surface area contributed by atoms with Crippen molar-refractivity contribution in [3.05, 3.63) is 47.5 Å². The van der Waals surface area contributed by atoms with Crippen molar-refractivity contribution in [2.75, 3.05) is 13.2 Å². The van der Waals surface area contributed by atoms with E-state index in [2.05, 4.69) is 27.7 Å². The summed E-state index contributed by atoms with van der Waals surface area (Å²) in [5, 5.41) is 9.81. The van der Waals surface area contributed by atoms with Gasteiger partial charge in [-0.05, 0) is 29.7 Å². The van der Waals surface area contributed by atoms with Crippen molar-refractivity contribution < 1.29 is 24.2 Å². The van der Waals surface area contributed by atoms with Crippen molar-refractivity contribution in [1.82, 2.24) is 0 Å². The predicted molar refractivity (Wildman–Crippen MR) is 107 cm³/mol. The smallest absolute Gasteiger partial charge is 0.334 e. The Morgan fingerprint density at radius 1 is 1.21 bits per heavy atom. The van der Waals surface area contributed by atoms with E-state index in [1.807, 2.05) is 36.4 Å². The Morgan fingerprint density at radius 2 is 1.86 bits per heavy atom. The molecule has 1 aliphatic rings. The quantitative estimate of drug-likeness (QED) is 0.516. The number of aliphatic hydroxyl groups is 1. The number of carbonyl (C=O) groups is 2. The molecule has 1 aromatic carbocycles. The monoisotopic (exact) mass is 388 g/mol. The minimum absolute atomic E-state index is 0.125. The molecule has 0 aliphatic carbocycles. The summed E-state index contributed by atoms with van der Waals surface area (Å²) in [6.07, 6.45) is 2.99. The van der Waals surface area contributed by atoms with Gasteiger partial charge in [0.1, 0.15) is 6.61 Å². The minimum Gasteiger partial charge on any atom is -0.461 e. The van der Waals surface area contributed by atoms with E-state index in [1.54, 1.807) is 0 Å². The normalized spacial score (nSPS) is 21.0. The highest BCUT2D eigenvalue weighted by molar-refractivity contribution is 5.91. The maximum atomic E-state index is 12.3. The molecule has 154 valence electrons. The molecule has 2 rings (SSSR count). The van der Waals surface area contributed by atoms with E-state index in [4.69, 9.17) is 9.47 Å². The first-order valence-corrected chi connectivity index (χ1v) is 9.99. The van der Waals surface area contributed by atoms with E-state index in [1.165, 1.54) is 0 Å². The second-order valence-corrected chi connectivity index (χ2v) is 8.34. The highest BCUT2D eigenvalue weighted by atomic mass is 16.6. The maximum absolute atomic E-state index is 12.3. The number of carbonyl (C=O) groups excluding carboxylic acids is 2. The lowest BCUT2D eigenvalue weighted by atomic mass is 9.83.